The summed E-state index contributed by atoms with van der Waals surface area (Å²) in [5.41, 5.74) is 0.0841. The van der Waals surface area contributed by atoms with Gasteiger partial charge in [-0.1, -0.05) is 11.6 Å². The second-order valence-electron chi connectivity index (χ2n) is 3.84. The van der Waals surface area contributed by atoms with Crippen molar-refractivity contribution in [3.05, 3.63) is 11.6 Å². The van der Waals surface area contributed by atoms with Crippen LogP contribution in [0.1, 0.15) is 20.3 Å². The van der Waals surface area contributed by atoms with Gasteiger partial charge in [0.05, 0.1) is 0 Å². The van der Waals surface area contributed by atoms with Crippen LogP contribution >= 0.6 is 0 Å². The van der Waals surface area contributed by atoms with Gasteiger partial charge in [-0.15, -0.1) is 0 Å². The lowest BCUT2D eigenvalue weighted by molar-refractivity contribution is -0.395. The molecule has 18 heavy (non-hydrogen) atoms. The Balaban J connectivity index is 5.43. The Hall–Kier alpha value is -0.890. The molecule has 0 nitrogen and oxygen atoms in total. The minimum atomic E-state index is -6.81. The SMILES string of the molecule is CC(C)=CCC(F)(F)C(F)(F)C(F)(F)C(F)(F)F. The Kier molecular flexibility index (Phi) is 4.42. The van der Waals surface area contributed by atoms with E-state index in [1.54, 1.807) is 0 Å². The topological polar surface area (TPSA) is 0 Å². The highest BCUT2D eigenvalue weighted by molar-refractivity contribution is 5.05. The highest BCUT2D eigenvalue weighted by atomic mass is 19.4. The third-order valence-electron chi connectivity index (χ3n) is 1.98. The molecule has 0 aliphatic heterocycles. The Morgan fingerprint density at radius 3 is 1.44 bits per heavy atom. The molecule has 0 radical (unpaired) electrons. The van der Waals surface area contributed by atoms with Gasteiger partial charge in [-0.2, -0.15) is 39.5 Å². The number of hydrogen-bond donors (Lipinski definition) is 0. The van der Waals surface area contributed by atoms with Crippen LogP contribution in [0.2, 0.25) is 0 Å². The van der Waals surface area contributed by atoms with Gasteiger partial charge in [0, 0.05) is 6.42 Å². The third kappa shape index (κ3) is 2.92. The highest BCUT2D eigenvalue weighted by Gasteiger charge is 2.81. The Labute approximate surface area is 96.5 Å². The summed E-state index contributed by atoms with van der Waals surface area (Å²) in [5, 5.41) is 0. The van der Waals surface area contributed by atoms with Gasteiger partial charge >= 0.3 is 23.9 Å². The average Bonchev–Trinajstić information content (AvgIpc) is 2.12. The van der Waals surface area contributed by atoms with Crippen molar-refractivity contribution in [1.29, 1.82) is 0 Å². The lowest BCUT2D eigenvalue weighted by atomic mass is 10.0. The van der Waals surface area contributed by atoms with Crippen molar-refractivity contribution in [1.82, 2.24) is 0 Å². The van der Waals surface area contributed by atoms with Gasteiger partial charge in [-0.3, -0.25) is 0 Å². The Morgan fingerprint density at radius 2 is 1.17 bits per heavy atom. The number of hydrogen-bond acceptors (Lipinski definition) is 0. The van der Waals surface area contributed by atoms with Crippen LogP contribution in [0.5, 0.6) is 0 Å². The van der Waals surface area contributed by atoms with E-state index >= 15 is 0 Å². The Morgan fingerprint density at radius 1 is 0.778 bits per heavy atom. The smallest absolute Gasteiger partial charge is 0.199 e. The fourth-order valence-electron chi connectivity index (χ4n) is 0.868. The fraction of sp³-hybridized carbons (Fsp3) is 0.778. The number of rotatable bonds is 4. The van der Waals surface area contributed by atoms with Crippen LogP contribution in [-0.2, 0) is 0 Å². The molecule has 108 valence electrons. The van der Waals surface area contributed by atoms with Gasteiger partial charge in [-0.05, 0) is 13.8 Å². The van der Waals surface area contributed by atoms with Gasteiger partial charge in [0.15, 0.2) is 0 Å². The van der Waals surface area contributed by atoms with E-state index in [2.05, 4.69) is 0 Å². The van der Waals surface area contributed by atoms with E-state index in [4.69, 9.17) is 0 Å². The number of allylic oxidation sites excluding steroid dienone is 2. The second kappa shape index (κ2) is 4.65. The molecule has 0 spiro atoms. The van der Waals surface area contributed by atoms with Crippen LogP contribution < -0.4 is 0 Å². The molecule has 0 amide bonds. The van der Waals surface area contributed by atoms with Crippen molar-refractivity contribution in [2.24, 2.45) is 0 Å². The quantitative estimate of drug-likeness (QED) is 0.514. The van der Waals surface area contributed by atoms with Crippen molar-refractivity contribution in [2.45, 2.75) is 44.2 Å². The normalized spacial score (nSPS) is 14.6. The summed E-state index contributed by atoms with van der Waals surface area (Å²) < 4.78 is 111. The molecule has 0 bridgehead atoms. The molecule has 0 aliphatic carbocycles. The molecule has 0 saturated heterocycles. The monoisotopic (exact) mass is 288 g/mol. The first kappa shape index (κ1) is 17.1. The molecule has 0 aromatic heterocycles. The first-order valence-electron chi connectivity index (χ1n) is 4.50. The maximum absolute atomic E-state index is 12.8. The molecule has 9 heteroatoms. The zero-order chi connectivity index (χ0) is 15.0. The highest BCUT2D eigenvalue weighted by Crippen LogP contribution is 2.54. The molecule has 0 aliphatic rings. The van der Waals surface area contributed by atoms with Crippen molar-refractivity contribution in [2.75, 3.05) is 0 Å². The van der Waals surface area contributed by atoms with Crippen LogP contribution in [0.25, 0.3) is 0 Å². The second-order valence-corrected chi connectivity index (χ2v) is 3.84. The summed E-state index contributed by atoms with van der Waals surface area (Å²) >= 11 is 0. The maximum atomic E-state index is 12.8. The van der Waals surface area contributed by atoms with E-state index in [-0.39, 0.29) is 5.57 Å². The zero-order valence-electron chi connectivity index (χ0n) is 9.19. The summed E-state index contributed by atoms with van der Waals surface area (Å²) in [5.74, 6) is -18.8. The van der Waals surface area contributed by atoms with Gasteiger partial charge < -0.3 is 0 Å². The van der Waals surface area contributed by atoms with Crippen molar-refractivity contribution in [3.63, 3.8) is 0 Å². The number of alkyl halides is 9. The van der Waals surface area contributed by atoms with Crippen LogP contribution in [0, 0.1) is 0 Å². The minimum Gasteiger partial charge on any atom is -0.199 e. The van der Waals surface area contributed by atoms with E-state index < -0.39 is 30.4 Å². The fourth-order valence-corrected chi connectivity index (χ4v) is 0.868. The van der Waals surface area contributed by atoms with Crippen molar-refractivity contribution in [3.8, 4) is 0 Å². The van der Waals surface area contributed by atoms with Gasteiger partial charge in [0.25, 0.3) is 0 Å². The van der Waals surface area contributed by atoms with E-state index in [9.17, 15) is 39.5 Å². The van der Waals surface area contributed by atoms with Gasteiger partial charge in [0.1, 0.15) is 0 Å². The molecule has 0 rings (SSSR count). The van der Waals surface area contributed by atoms with E-state index in [0.717, 1.165) is 0 Å². The predicted octanol–water partition coefficient (Wildman–Crippen LogP) is 4.81. The van der Waals surface area contributed by atoms with E-state index in [1.807, 2.05) is 0 Å². The molecule has 0 heterocycles. The lowest BCUT2D eigenvalue weighted by Gasteiger charge is -2.33. The molecular weight excluding hydrogens is 279 g/mol. The molecule has 0 saturated carbocycles. The molecule has 0 atom stereocenters. The summed E-state index contributed by atoms with van der Waals surface area (Å²) in [6.45, 7) is 2.41. The van der Waals surface area contributed by atoms with Crippen LogP contribution in [0.4, 0.5) is 39.5 Å². The minimum absolute atomic E-state index is 0.0841. The molecule has 0 fully saturated rings. The Bertz CT molecular complexity index is 319. The van der Waals surface area contributed by atoms with Crippen LogP contribution in [0.15, 0.2) is 11.6 Å². The molecular formula is C9H9F9. The molecule has 0 N–H and O–H groups in total. The van der Waals surface area contributed by atoms with Gasteiger partial charge in [0.2, 0.25) is 0 Å². The maximum Gasteiger partial charge on any atom is 0.460 e. The van der Waals surface area contributed by atoms with Crippen molar-refractivity contribution >= 4 is 0 Å². The summed E-state index contributed by atoms with van der Waals surface area (Å²) in [6.07, 6.45) is -8.21. The predicted molar refractivity (Wildman–Crippen MR) is 44.9 cm³/mol. The summed E-state index contributed by atoms with van der Waals surface area (Å²) in [4.78, 5) is 0. The summed E-state index contributed by atoms with van der Waals surface area (Å²) in [7, 11) is 0. The molecule has 0 unspecified atom stereocenters. The van der Waals surface area contributed by atoms with Crippen LogP contribution in [0.3, 0.4) is 0 Å². The number of halogens is 9. The largest absolute Gasteiger partial charge is 0.460 e. The van der Waals surface area contributed by atoms with Crippen molar-refractivity contribution < 1.29 is 39.5 Å². The first-order valence-corrected chi connectivity index (χ1v) is 4.50. The lowest BCUT2D eigenvalue weighted by Crippen LogP contribution is -2.60. The van der Waals surface area contributed by atoms with Crippen LogP contribution in [-0.4, -0.2) is 23.9 Å². The third-order valence-corrected chi connectivity index (χ3v) is 1.98. The van der Waals surface area contributed by atoms with Gasteiger partial charge in [-0.25, -0.2) is 0 Å². The average molecular weight is 288 g/mol. The molecule has 0 aromatic carbocycles. The first-order chi connectivity index (χ1) is 7.67. The van der Waals surface area contributed by atoms with E-state index in [1.165, 1.54) is 13.8 Å². The molecule has 0 aromatic rings. The van der Waals surface area contributed by atoms with E-state index in [0.29, 0.717) is 6.08 Å². The standard InChI is InChI=1S/C9H9F9/c1-5(2)3-4-6(10,11)7(12,13)8(14,15)9(16,17)18/h3H,4H2,1-2H3. The zero-order valence-corrected chi connectivity index (χ0v) is 9.19. The summed E-state index contributed by atoms with van der Waals surface area (Å²) in [6, 6.07) is 0.